The van der Waals surface area contributed by atoms with Gasteiger partial charge < -0.3 is 4.74 Å². The fourth-order valence-electron chi connectivity index (χ4n) is 2.27. The number of hydrogen-bond acceptors (Lipinski definition) is 7. The molecule has 1 aliphatic heterocycles. The second kappa shape index (κ2) is 5.35. The lowest BCUT2D eigenvalue weighted by molar-refractivity contribution is 0.394. The maximum atomic E-state index is 12.3. The Morgan fingerprint density at radius 3 is 3.05 bits per heavy atom. The molecular formula is C11H15N5O3S2. The molecule has 0 fully saturated rings. The van der Waals surface area contributed by atoms with Crippen molar-refractivity contribution in [3.05, 3.63) is 17.7 Å². The van der Waals surface area contributed by atoms with Gasteiger partial charge in [0.1, 0.15) is 11.6 Å². The number of rotatable bonds is 4. The van der Waals surface area contributed by atoms with Crippen LogP contribution in [0.1, 0.15) is 18.1 Å². The first-order valence-electron chi connectivity index (χ1n) is 6.41. The highest BCUT2D eigenvalue weighted by atomic mass is 32.2. The minimum absolute atomic E-state index is 0.153. The third kappa shape index (κ3) is 2.92. The summed E-state index contributed by atoms with van der Waals surface area (Å²) >= 11 is 0.899. The summed E-state index contributed by atoms with van der Waals surface area (Å²) in [7, 11) is -2.13. The van der Waals surface area contributed by atoms with Gasteiger partial charge in [0.15, 0.2) is 4.21 Å². The molecule has 2 aromatic heterocycles. The molecule has 10 heteroatoms. The van der Waals surface area contributed by atoms with Crippen LogP contribution < -0.4 is 9.46 Å². The van der Waals surface area contributed by atoms with Crippen molar-refractivity contribution in [2.75, 3.05) is 7.11 Å². The summed E-state index contributed by atoms with van der Waals surface area (Å²) in [5.74, 6) is 1.92. The molecule has 1 N–H and O–H groups in total. The van der Waals surface area contributed by atoms with Crippen molar-refractivity contribution in [1.82, 2.24) is 23.9 Å². The van der Waals surface area contributed by atoms with Gasteiger partial charge in [0, 0.05) is 18.5 Å². The topological polar surface area (TPSA) is 99.0 Å². The van der Waals surface area contributed by atoms with E-state index in [0.29, 0.717) is 31.1 Å². The maximum Gasteiger partial charge on any atom is 0.252 e. The number of sulfonamides is 1. The summed E-state index contributed by atoms with van der Waals surface area (Å²) in [4.78, 5) is 4.30. The van der Waals surface area contributed by atoms with E-state index >= 15 is 0 Å². The van der Waals surface area contributed by atoms with Gasteiger partial charge in [-0.15, -0.1) is 0 Å². The molecule has 0 aromatic carbocycles. The Morgan fingerprint density at radius 2 is 2.33 bits per heavy atom. The fourth-order valence-corrected chi connectivity index (χ4v) is 4.39. The molecule has 1 unspecified atom stereocenters. The molecule has 1 atom stereocenters. The summed E-state index contributed by atoms with van der Waals surface area (Å²) in [6.45, 7) is 2.32. The Morgan fingerprint density at radius 1 is 1.52 bits per heavy atom. The summed E-state index contributed by atoms with van der Waals surface area (Å²) in [6.07, 6.45) is 1.41. The first-order valence-corrected chi connectivity index (χ1v) is 8.67. The Balaban J connectivity index is 1.74. The molecule has 0 saturated heterocycles. The molecule has 3 rings (SSSR count). The number of aryl methyl sites for hydroxylation is 2. The highest BCUT2D eigenvalue weighted by Gasteiger charge is 2.27. The lowest BCUT2D eigenvalue weighted by Crippen LogP contribution is -2.41. The summed E-state index contributed by atoms with van der Waals surface area (Å²) in [5.41, 5.74) is 0. The van der Waals surface area contributed by atoms with Crippen molar-refractivity contribution in [3.63, 3.8) is 0 Å². The van der Waals surface area contributed by atoms with Crippen LogP contribution in [-0.2, 0) is 23.0 Å². The molecule has 2 aromatic rings. The lowest BCUT2D eigenvalue weighted by Gasteiger charge is -2.22. The second-order valence-electron chi connectivity index (χ2n) is 4.80. The zero-order valence-corrected chi connectivity index (χ0v) is 13.2. The number of fused-ring (bicyclic) bond motifs is 1. The second-order valence-corrected chi connectivity index (χ2v) is 7.55. The highest BCUT2D eigenvalue weighted by Crippen LogP contribution is 2.22. The largest absolute Gasteiger partial charge is 0.480 e. The zero-order chi connectivity index (χ0) is 15.0. The van der Waals surface area contributed by atoms with Crippen LogP contribution >= 0.6 is 11.5 Å². The third-order valence-corrected chi connectivity index (χ3v) is 5.97. The van der Waals surface area contributed by atoms with Gasteiger partial charge >= 0.3 is 0 Å². The number of hydrogen-bond donors (Lipinski definition) is 1. The molecule has 0 aliphatic carbocycles. The van der Waals surface area contributed by atoms with Gasteiger partial charge in [-0.25, -0.2) is 22.8 Å². The molecule has 0 spiro atoms. The summed E-state index contributed by atoms with van der Waals surface area (Å²) in [6, 6.07) is 1.22. The quantitative estimate of drug-likeness (QED) is 0.869. The minimum atomic E-state index is -3.58. The predicted octanol–water partition coefficient (Wildman–Crippen LogP) is 0.345. The normalized spacial score (nSPS) is 18.5. The first-order chi connectivity index (χ1) is 9.98. The zero-order valence-electron chi connectivity index (χ0n) is 11.6. The average Bonchev–Trinajstić information content (AvgIpc) is 3.03. The third-order valence-electron chi connectivity index (χ3n) is 3.23. The van der Waals surface area contributed by atoms with E-state index in [0.717, 1.165) is 17.4 Å². The van der Waals surface area contributed by atoms with Crippen LogP contribution in [0.3, 0.4) is 0 Å². The van der Waals surface area contributed by atoms with E-state index in [1.807, 2.05) is 6.92 Å². The molecule has 8 nitrogen and oxygen atoms in total. The number of nitrogens with one attached hydrogen (secondary N) is 1. The van der Waals surface area contributed by atoms with Crippen molar-refractivity contribution in [2.24, 2.45) is 0 Å². The van der Waals surface area contributed by atoms with Crippen molar-refractivity contribution < 1.29 is 13.2 Å². The Hall–Kier alpha value is -1.52. The van der Waals surface area contributed by atoms with E-state index in [-0.39, 0.29) is 10.3 Å². The van der Waals surface area contributed by atoms with Crippen LogP contribution in [-0.4, -0.2) is 40.7 Å². The van der Waals surface area contributed by atoms with Crippen LogP contribution in [0.2, 0.25) is 0 Å². The lowest BCUT2D eigenvalue weighted by atomic mass is 10.1. The number of methoxy groups -OCH3 is 1. The van der Waals surface area contributed by atoms with Crippen molar-refractivity contribution in [2.45, 2.75) is 36.6 Å². The van der Waals surface area contributed by atoms with Crippen LogP contribution in [0, 0.1) is 6.92 Å². The van der Waals surface area contributed by atoms with E-state index in [2.05, 4.69) is 19.2 Å². The molecule has 0 amide bonds. The van der Waals surface area contributed by atoms with Crippen LogP contribution in [0.4, 0.5) is 0 Å². The van der Waals surface area contributed by atoms with Crippen LogP contribution in [0.15, 0.2) is 10.3 Å². The van der Waals surface area contributed by atoms with E-state index in [1.165, 1.54) is 13.2 Å². The van der Waals surface area contributed by atoms with E-state index in [1.54, 1.807) is 4.68 Å². The fraction of sp³-hybridized carbons (Fsp3) is 0.545. The predicted molar refractivity (Wildman–Crippen MR) is 75.9 cm³/mol. The van der Waals surface area contributed by atoms with Gasteiger partial charge in [0.25, 0.3) is 10.0 Å². The molecule has 3 heterocycles. The molecule has 0 bridgehead atoms. The first kappa shape index (κ1) is 14.4. The Kier molecular flexibility index (Phi) is 3.68. The standard InChI is InChI=1S/C11H15N5O3S2/c1-7-12-9-4-3-8(6-16(9)13-7)15-21(17,18)11-5-10(19-2)14-20-11/h5,8,15H,3-4,6H2,1-2H3. The van der Waals surface area contributed by atoms with Crippen LogP contribution in [0.5, 0.6) is 5.88 Å². The monoisotopic (exact) mass is 329 g/mol. The molecule has 21 heavy (non-hydrogen) atoms. The van der Waals surface area contributed by atoms with Crippen molar-refractivity contribution in [3.8, 4) is 5.88 Å². The van der Waals surface area contributed by atoms with Gasteiger partial charge in [-0.2, -0.15) is 9.47 Å². The molecule has 0 radical (unpaired) electrons. The van der Waals surface area contributed by atoms with Crippen molar-refractivity contribution in [1.29, 1.82) is 0 Å². The summed E-state index contributed by atoms with van der Waals surface area (Å²) in [5, 5.41) is 4.26. The van der Waals surface area contributed by atoms with E-state index in [9.17, 15) is 8.42 Å². The average molecular weight is 329 g/mol. The number of nitrogens with zero attached hydrogens (tertiary/aromatic N) is 4. The minimum Gasteiger partial charge on any atom is -0.480 e. The van der Waals surface area contributed by atoms with Gasteiger partial charge in [-0.05, 0) is 24.9 Å². The molecule has 114 valence electrons. The van der Waals surface area contributed by atoms with Gasteiger partial charge in [0.05, 0.1) is 13.7 Å². The molecule has 0 saturated carbocycles. The highest BCUT2D eigenvalue weighted by molar-refractivity contribution is 7.91. The SMILES string of the molecule is COc1cc(S(=O)(=O)NC2CCc3nc(C)nn3C2)sn1. The van der Waals surface area contributed by atoms with E-state index in [4.69, 9.17) is 4.74 Å². The summed E-state index contributed by atoms with van der Waals surface area (Å²) < 4.78 is 38.0. The smallest absolute Gasteiger partial charge is 0.252 e. The van der Waals surface area contributed by atoms with Gasteiger partial charge in [-0.3, -0.25) is 0 Å². The van der Waals surface area contributed by atoms with Gasteiger partial charge in [0.2, 0.25) is 5.88 Å². The number of aromatic nitrogens is 4. The maximum absolute atomic E-state index is 12.3. The Labute approximate surface area is 126 Å². The van der Waals surface area contributed by atoms with E-state index < -0.39 is 10.0 Å². The number of ether oxygens (including phenoxy) is 1. The Bertz CT molecular complexity index is 752. The molecule has 1 aliphatic rings. The van der Waals surface area contributed by atoms with Crippen molar-refractivity contribution >= 4 is 21.6 Å². The van der Waals surface area contributed by atoms with Crippen LogP contribution in [0.25, 0.3) is 0 Å². The molecular weight excluding hydrogens is 314 g/mol. The van der Waals surface area contributed by atoms with Gasteiger partial charge in [-0.1, -0.05) is 0 Å².